The number of aliphatic hydroxyl groups excluding tert-OH is 1. The van der Waals surface area contributed by atoms with Gasteiger partial charge in [0, 0.05) is 28.4 Å². The van der Waals surface area contributed by atoms with E-state index in [-0.39, 0.29) is 0 Å². The van der Waals surface area contributed by atoms with Gasteiger partial charge >= 0.3 is 5.97 Å². The molecule has 0 aliphatic carbocycles. The summed E-state index contributed by atoms with van der Waals surface area (Å²) in [4.78, 5) is 19.6. The maximum absolute atomic E-state index is 12.0. The van der Waals surface area contributed by atoms with E-state index in [1.807, 2.05) is 18.2 Å². The highest BCUT2D eigenvalue weighted by Crippen LogP contribution is 2.39. The lowest BCUT2D eigenvalue weighted by Gasteiger charge is -2.21. The predicted molar refractivity (Wildman–Crippen MR) is 97.1 cm³/mol. The Bertz CT molecular complexity index is 993. The Morgan fingerprint density at radius 3 is 3.04 bits per heavy atom. The fourth-order valence-electron chi connectivity index (χ4n) is 3.60. The van der Waals surface area contributed by atoms with Gasteiger partial charge in [-0.05, 0) is 49.1 Å². The highest BCUT2D eigenvalue weighted by atomic mass is 16.5. The lowest BCUT2D eigenvalue weighted by molar-refractivity contribution is -0.150. The molecule has 3 aromatic rings. The number of H-pyrrole nitrogens is 1. The number of carbonyl (C=O) groups is 1. The molecule has 134 valence electrons. The average molecular weight is 352 g/mol. The van der Waals surface area contributed by atoms with Crippen LogP contribution in [-0.2, 0) is 16.0 Å². The molecule has 0 radical (unpaired) electrons. The van der Waals surface area contributed by atoms with E-state index in [4.69, 9.17) is 9.47 Å². The third-order valence-electron chi connectivity index (χ3n) is 4.83. The molecule has 1 aliphatic heterocycles. The summed E-state index contributed by atoms with van der Waals surface area (Å²) >= 11 is 0. The molecule has 1 atom stereocenters. The molecule has 0 fully saturated rings. The van der Waals surface area contributed by atoms with Crippen molar-refractivity contribution in [2.24, 2.45) is 0 Å². The molecule has 3 heterocycles. The molecular weight excluding hydrogens is 332 g/mol. The Balaban J connectivity index is 1.98. The summed E-state index contributed by atoms with van der Waals surface area (Å²) in [6.45, 7) is 2.52. The van der Waals surface area contributed by atoms with Crippen molar-refractivity contribution in [2.45, 2.75) is 25.9 Å². The monoisotopic (exact) mass is 352 g/mol. The molecule has 0 amide bonds. The number of nitrogens with one attached hydrogen (secondary N) is 1. The van der Waals surface area contributed by atoms with Gasteiger partial charge in [-0.1, -0.05) is 6.07 Å². The number of aromatic amines is 1. The maximum Gasteiger partial charge on any atom is 0.339 e. The van der Waals surface area contributed by atoms with Crippen molar-refractivity contribution in [3.8, 4) is 16.9 Å². The van der Waals surface area contributed by atoms with Crippen molar-refractivity contribution in [1.29, 1.82) is 0 Å². The van der Waals surface area contributed by atoms with Crippen LogP contribution in [0.25, 0.3) is 22.2 Å². The molecule has 26 heavy (non-hydrogen) atoms. The number of ether oxygens (including phenoxy) is 2. The van der Waals surface area contributed by atoms with Gasteiger partial charge in [-0.2, -0.15) is 0 Å². The van der Waals surface area contributed by atoms with Crippen molar-refractivity contribution < 1.29 is 19.4 Å². The van der Waals surface area contributed by atoms with Gasteiger partial charge in [0.1, 0.15) is 11.4 Å². The van der Waals surface area contributed by atoms with E-state index in [0.29, 0.717) is 16.9 Å². The van der Waals surface area contributed by atoms with Crippen LogP contribution in [0.4, 0.5) is 0 Å². The molecule has 0 bridgehead atoms. The van der Waals surface area contributed by atoms with Crippen LogP contribution in [-0.4, -0.2) is 34.8 Å². The molecular formula is C20H20N2O4. The van der Waals surface area contributed by atoms with E-state index >= 15 is 0 Å². The van der Waals surface area contributed by atoms with Crippen LogP contribution in [0.5, 0.6) is 5.75 Å². The Kier molecular flexibility index (Phi) is 4.12. The summed E-state index contributed by atoms with van der Waals surface area (Å²) in [5.74, 6) is 0.193. The minimum Gasteiger partial charge on any atom is -0.493 e. The van der Waals surface area contributed by atoms with E-state index in [1.165, 1.54) is 7.11 Å². The minimum atomic E-state index is -1.39. The number of aromatic nitrogens is 2. The minimum absolute atomic E-state index is 0.473. The third kappa shape index (κ3) is 2.63. The van der Waals surface area contributed by atoms with E-state index in [0.717, 1.165) is 47.3 Å². The molecule has 0 saturated heterocycles. The van der Waals surface area contributed by atoms with Crippen LogP contribution in [0.3, 0.4) is 0 Å². The van der Waals surface area contributed by atoms with E-state index in [2.05, 4.69) is 16.0 Å². The van der Waals surface area contributed by atoms with Crippen LogP contribution >= 0.6 is 0 Å². The number of aryl methyl sites for hydroxylation is 2. The summed E-state index contributed by atoms with van der Waals surface area (Å²) in [6, 6.07) is 7.88. The van der Waals surface area contributed by atoms with Gasteiger partial charge in [0.05, 0.1) is 13.7 Å². The lowest BCUT2D eigenvalue weighted by Crippen LogP contribution is -2.16. The fourth-order valence-corrected chi connectivity index (χ4v) is 3.60. The van der Waals surface area contributed by atoms with Crippen molar-refractivity contribution in [3.63, 3.8) is 0 Å². The van der Waals surface area contributed by atoms with E-state index in [1.54, 1.807) is 13.1 Å². The summed E-state index contributed by atoms with van der Waals surface area (Å²) < 4.78 is 10.5. The van der Waals surface area contributed by atoms with Crippen molar-refractivity contribution in [1.82, 2.24) is 9.97 Å². The standard InChI is InChI=1S/C20H20N2O4/c1-11-16(18(23)20(24)25-2)17(14-7-8-21-19(14)22-11)13-5-6-15-12(10-13)4-3-9-26-15/h5-8,10,18,23H,3-4,9H2,1-2H3,(H,21,22). The zero-order chi connectivity index (χ0) is 18.3. The normalized spacial score (nSPS) is 14.6. The smallest absolute Gasteiger partial charge is 0.339 e. The number of hydrogen-bond acceptors (Lipinski definition) is 5. The Morgan fingerprint density at radius 2 is 2.23 bits per heavy atom. The van der Waals surface area contributed by atoms with Gasteiger partial charge < -0.3 is 19.6 Å². The summed E-state index contributed by atoms with van der Waals surface area (Å²) in [7, 11) is 1.26. The lowest BCUT2D eigenvalue weighted by atomic mass is 9.91. The SMILES string of the molecule is COC(=O)C(O)c1c(C)nc2[nH]ccc2c1-c1ccc2c(c1)CCCO2. The van der Waals surface area contributed by atoms with Crippen LogP contribution in [0.2, 0.25) is 0 Å². The Hall–Kier alpha value is -2.86. The van der Waals surface area contributed by atoms with Gasteiger partial charge in [0.2, 0.25) is 0 Å². The molecule has 2 aromatic heterocycles. The van der Waals surface area contributed by atoms with Gasteiger partial charge in [0.25, 0.3) is 0 Å². The van der Waals surface area contributed by atoms with Gasteiger partial charge in [-0.3, -0.25) is 0 Å². The molecule has 2 N–H and O–H groups in total. The second-order valence-corrected chi connectivity index (χ2v) is 6.43. The number of hydrogen-bond donors (Lipinski definition) is 2. The first-order valence-corrected chi connectivity index (χ1v) is 8.59. The zero-order valence-electron chi connectivity index (χ0n) is 14.7. The average Bonchev–Trinajstić information content (AvgIpc) is 3.13. The first kappa shape index (κ1) is 16.6. The number of nitrogens with zero attached hydrogens (tertiary/aromatic N) is 1. The second kappa shape index (κ2) is 6.46. The second-order valence-electron chi connectivity index (χ2n) is 6.43. The summed E-state index contributed by atoms with van der Waals surface area (Å²) in [6.07, 6.45) is 2.33. The number of esters is 1. The van der Waals surface area contributed by atoms with Crippen LogP contribution in [0.1, 0.15) is 29.3 Å². The number of methoxy groups -OCH3 is 1. The molecule has 0 saturated carbocycles. The van der Waals surface area contributed by atoms with Crippen molar-refractivity contribution in [3.05, 3.63) is 47.3 Å². The molecule has 1 unspecified atom stereocenters. The first-order valence-electron chi connectivity index (χ1n) is 8.59. The topological polar surface area (TPSA) is 84.4 Å². The highest BCUT2D eigenvalue weighted by molar-refractivity contribution is 5.97. The first-order chi connectivity index (χ1) is 12.6. The molecule has 1 aliphatic rings. The highest BCUT2D eigenvalue weighted by Gasteiger charge is 2.27. The largest absolute Gasteiger partial charge is 0.493 e. The van der Waals surface area contributed by atoms with Gasteiger partial charge in [-0.15, -0.1) is 0 Å². The Labute approximate surface area is 150 Å². The van der Waals surface area contributed by atoms with E-state index in [9.17, 15) is 9.90 Å². The van der Waals surface area contributed by atoms with Gasteiger partial charge in [-0.25, -0.2) is 9.78 Å². The maximum atomic E-state index is 12.0. The molecule has 1 aromatic carbocycles. The quantitative estimate of drug-likeness (QED) is 0.708. The molecule has 6 nitrogen and oxygen atoms in total. The van der Waals surface area contributed by atoms with Crippen LogP contribution < -0.4 is 4.74 Å². The number of aliphatic hydroxyl groups is 1. The summed E-state index contributed by atoms with van der Waals surface area (Å²) in [5.41, 5.74) is 4.61. The number of carbonyl (C=O) groups excluding carboxylic acids is 1. The number of rotatable bonds is 3. The third-order valence-corrected chi connectivity index (χ3v) is 4.83. The number of pyridine rings is 1. The van der Waals surface area contributed by atoms with Gasteiger partial charge in [0.15, 0.2) is 6.10 Å². The van der Waals surface area contributed by atoms with Crippen molar-refractivity contribution >= 4 is 17.0 Å². The molecule has 6 heteroatoms. The molecule has 0 spiro atoms. The molecule has 4 rings (SSSR count). The number of benzene rings is 1. The van der Waals surface area contributed by atoms with Crippen LogP contribution in [0, 0.1) is 6.92 Å². The predicted octanol–water partition coefficient (Wildman–Crippen LogP) is 3.07. The fraction of sp³-hybridized carbons (Fsp3) is 0.300. The van der Waals surface area contributed by atoms with E-state index < -0.39 is 12.1 Å². The zero-order valence-corrected chi connectivity index (χ0v) is 14.7. The van der Waals surface area contributed by atoms with Crippen LogP contribution in [0.15, 0.2) is 30.5 Å². The summed E-state index contributed by atoms with van der Waals surface area (Å²) in [5, 5.41) is 11.5. The van der Waals surface area contributed by atoms with Crippen molar-refractivity contribution in [2.75, 3.05) is 13.7 Å². The number of fused-ring (bicyclic) bond motifs is 2. The Morgan fingerprint density at radius 1 is 1.38 bits per heavy atom.